The lowest BCUT2D eigenvalue weighted by molar-refractivity contribution is -0.365. The summed E-state index contributed by atoms with van der Waals surface area (Å²) in [5.74, 6) is 0.911. The van der Waals surface area contributed by atoms with E-state index in [1.54, 1.807) is 0 Å². The molecule has 0 radical (unpaired) electrons. The normalized spacial score (nSPS) is 11.5. The molecule has 22 heavy (non-hydrogen) atoms. The van der Waals surface area contributed by atoms with E-state index in [9.17, 15) is 0 Å². The first-order chi connectivity index (χ1) is 10.6. The number of nitrogens with zero attached hydrogens (tertiary/aromatic N) is 2. The third-order valence-corrected chi connectivity index (χ3v) is 3.28. The van der Waals surface area contributed by atoms with Crippen molar-refractivity contribution in [3.05, 3.63) is 47.3 Å². The standard InChI is InChI=1S/C17H23N5/c1-4-5-6-14-7-9-15(10-8-14)21-16(18)22-17-19-12(2)11-13(3)20-17/h7-11H,4-6H2,1-3H3,(H3,18,19,20,21,22)/p+1. The number of anilines is 1. The van der Waals surface area contributed by atoms with E-state index in [0.29, 0.717) is 11.9 Å². The first-order valence-corrected chi connectivity index (χ1v) is 7.64. The molecule has 4 N–H and O–H groups in total. The van der Waals surface area contributed by atoms with Gasteiger partial charge in [0.25, 0.3) is 5.96 Å². The quantitative estimate of drug-likeness (QED) is 0.578. The third kappa shape index (κ3) is 4.84. The number of nitrogens with one attached hydrogen (secondary N) is 2. The van der Waals surface area contributed by atoms with Crippen molar-refractivity contribution in [1.82, 2.24) is 9.97 Å². The molecule has 1 aromatic heterocycles. The molecule has 116 valence electrons. The van der Waals surface area contributed by atoms with Gasteiger partial charge in [-0.1, -0.05) is 25.5 Å². The van der Waals surface area contributed by atoms with Crippen molar-refractivity contribution in [2.24, 2.45) is 5.73 Å². The Bertz CT molecular complexity index is 626. The van der Waals surface area contributed by atoms with Crippen molar-refractivity contribution < 1.29 is 4.99 Å². The van der Waals surface area contributed by atoms with E-state index in [1.807, 2.05) is 32.0 Å². The second-order valence-corrected chi connectivity index (χ2v) is 5.44. The molecular weight excluding hydrogens is 274 g/mol. The lowest BCUT2D eigenvalue weighted by Crippen LogP contribution is -2.72. The van der Waals surface area contributed by atoms with Crippen LogP contribution in [0.5, 0.6) is 0 Å². The first kappa shape index (κ1) is 15.9. The van der Waals surface area contributed by atoms with Crippen LogP contribution < -0.4 is 16.0 Å². The number of unbranched alkanes of at least 4 members (excludes halogenated alkanes) is 1. The van der Waals surface area contributed by atoms with Gasteiger partial charge in [0.15, 0.2) is 0 Å². The van der Waals surface area contributed by atoms with Gasteiger partial charge in [0.1, 0.15) is 0 Å². The van der Waals surface area contributed by atoms with E-state index in [1.165, 1.54) is 18.4 Å². The smallest absolute Gasteiger partial charge is 0.322 e. The average Bonchev–Trinajstić information content (AvgIpc) is 2.45. The minimum absolute atomic E-state index is 0.409. The maximum atomic E-state index is 5.97. The molecule has 0 atom stereocenters. The van der Waals surface area contributed by atoms with E-state index in [4.69, 9.17) is 5.73 Å². The van der Waals surface area contributed by atoms with E-state index in [0.717, 1.165) is 23.5 Å². The van der Waals surface area contributed by atoms with Crippen LogP contribution in [0.25, 0.3) is 0 Å². The van der Waals surface area contributed by atoms with Crippen LogP contribution in [-0.4, -0.2) is 15.9 Å². The molecule has 0 aliphatic rings. The SMILES string of the molecule is CCCCc1ccc(NC(N)=[NH+]c2nc(C)cc(C)n2)cc1. The maximum absolute atomic E-state index is 5.97. The minimum atomic E-state index is 0.409. The molecule has 0 aliphatic carbocycles. The molecule has 0 bridgehead atoms. The molecule has 2 aromatic rings. The highest BCUT2D eigenvalue weighted by Gasteiger charge is 2.05. The molecule has 1 heterocycles. The number of rotatable bonds is 5. The van der Waals surface area contributed by atoms with E-state index >= 15 is 0 Å². The zero-order valence-electron chi connectivity index (χ0n) is 13.5. The highest BCUT2D eigenvalue weighted by Crippen LogP contribution is 2.11. The van der Waals surface area contributed by atoms with Gasteiger partial charge in [-0.2, -0.15) is 0 Å². The summed E-state index contributed by atoms with van der Waals surface area (Å²) in [4.78, 5) is 11.6. The van der Waals surface area contributed by atoms with E-state index < -0.39 is 0 Å². The van der Waals surface area contributed by atoms with Crippen LogP contribution in [0.15, 0.2) is 30.3 Å². The zero-order valence-corrected chi connectivity index (χ0v) is 13.5. The minimum Gasteiger partial charge on any atom is -0.322 e. The second kappa shape index (κ2) is 7.54. The summed E-state index contributed by atoms with van der Waals surface area (Å²) in [6.07, 6.45) is 3.54. The first-order valence-electron chi connectivity index (χ1n) is 7.64. The lowest BCUT2D eigenvalue weighted by atomic mass is 10.1. The van der Waals surface area contributed by atoms with Crippen molar-refractivity contribution in [3.63, 3.8) is 0 Å². The van der Waals surface area contributed by atoms with Crippen molar-refractivity contribution in [1.29, 1.82) is 0 Å². The third-order valence-electron chi connectivity index (χ3n) is 3.28. The Morgan fingerprint density at radius 1 is 1.14 bits per heavy atom. The Balaban J connectivity index is 2.04. The highest BCUT2D eigenvalue weighted by atomic mass is 15.2. The molecule has 1 aromatic carbocycles. The predicted octanol–water partition coefficient (Wildman–Crippen LogP) is 1.57. The molecule has 0 spiro atoms. The number of aryl methyl sites for hydroxylation is 3. The fourth-order valence-corrected chi connectivity index (χ4v) is 2.22. The Kier molecular flexibility index (Phi) is 5.47. The van der Waals surface area contributed by atoms with Crippen LogP contribution in [-0.2, 0) is 6.42 Å². The summed E-state index contributed by atoms with van der Waals surface area (Å²) in [7, 11) is 0. The highest BCUT2D eigenvalue weighted by molar-refractivity contribution is 5.88. The second-order valence-electron chi connectivity index (χ2n) is 5.44. The van der Waals surface area contributed by atoms with E-state index in [-0.39, 0.29) is 0 Å². The number of nitrogens with two attached hydrogens (primary N) is 1. The summed E-state index contributed by atoms with van der Waals surface area (Å²) in [5, 5.41) is 3.12. The largest absolute Gasteiger partial charge is 0.354 e. The number of aromatic nitrogens is 2. The zero-order chi connectivity index (χ0) is 15.9. The van der Waals surface area contributed by atoms with Crippen molar-refractivity contribution in [3.8, 4) is 0 Å². The van der Waals surface area contributed by atoms with Gasteiger partial charge in [-0.25, -0.2) is 4.99 Å². The molecule has 5 heteroatoms. The molecule has 0 fully saturated rings. The average molecular weight is 298 g/mol. The molecule has 0 saturated heterocycles. The van der Waals surface area contributed by atoms with E-state index in [2.05, 4.69) is 39.3 Å². The predicted molar refractivity (Wildman–Crippen MR) is 90.0 cm³/mol. The molecule has 0 saturated carbocycles. The van der Waals surface area contributed by atoms with Crippen molar-refractivity contribution >= 4 is 17.6 Å². The monoisotopic (exact) mass is 298 g/mol. The molecule has 5 nitrogen and oxygen atoms in total. The Hall–Kier alpha value is -2.43. The van der Waals surface area contributed by atoms with Gasteiger partial charge >= 0.3 is 5.95 Å². The Morgan fingerprint density at radius 2 is 1.77 bits per heavy atom. The molecular formula is C17H24N5+. The van der Waals surface area contributed by atoms with Crippen LogP contribution >= 0.6 is 0 Å². The fraction of sp³-hybridized carbons (Fsp3) is 0.353. The fourth-order valence-electron chi connectivity index (χ4n) is 2.22. The van der Waals surface area contributed by atoms with Crippen LogP contribution in [0.1, 0.15) is 36.7 Å². The number of hydrogen-bond donors (Lipinski definition) is 3. The summed E-state index contributed by atoms with van der Waals surface area (Å²) >= 11 is 0. The van der Waals surface area contributed by atoms with Crippen LogP contribution in [0, 0.1) is 13.8 Å². The molecule has 0 aliphatic heterocycles. The van der Waals surface area contributed by atoms with Gasteiger partial charge < -0.3 is 5.73 Å². The number of benzene rings is 1. The lowest BCUT2D eigenvalue weighted by Gasteiger charge is -2.04. The Labute approximate surface area is 131 Å². The van der Waals surface area contributed by atoms with Gasteiger partial charge in [-0.15, -0.1) is 9.97 Å². The van der Waals surface area contributed by atoms with Crippen molar-refractivity contribution in [2.75, 3.05) is 5.32 Å². The van der Waals surface area contributed by atoms with Gasteiger partial charge in [0.05, 0.1) is 17.1 Å². The molecule has 0 unspecified atom stereocenters. The summed E-state index contributed by atoms with van der Waals surface area (Å²) in [6, 6.07) is 10.2. The topological polar surface area (TPSA) is 77.8 Å². The summed E-state index contributed by atoms with van der Waals surface area (Å²) < 4.78 is 0. The van der Waals surface area contributed by atoms with Crippen LogP contribution in [0.3, 0.4) is 0 Å². The van der Waals surface area contributed by atoms with Gasteiger partial charge in [-0.05, 0) is 44.4 Å². The summed E-state index contributed by atoms with van der Waals surface area (Å²) in [5.41, 5.74) is 10.1. The van der Waals surface area contributed by atoms with Crippen LogP contribution in [0.4, 0.5) is 11.6 Å². The van der Waals surface area contributed by atoms with Gasteiger partial charge in [0.2, 0.25) is 0 Å². The van der Waals surface area contributed by atoms with Gasteiger partial charge in [0, 0.05) is 6.07 Å². The number of guanidine groups is 1. The summed E-state index contributed by atoms with van der Waals surface area (Å²) in [6.45, 7) is 6.06. The van der Waals surface area contributed by atoms with Crippen LogP contribution in [0.2, 0.25) is 0 Å². The van der Waals surface area contributed by atoms with Gasteiger partial charge in [-0.3, -0.25) is 5.32 Å². The number of hydrogen-bond acceptors (Lipinski definition) is 2. The van der Waals surface area contributed by atoms with Crippen molar-refractivity contribution in [2.45, 2.75) is 40.0 Å². The molecule has 2 rings (SSSR count). The maximum Gasteiger partial charge on any atom is 0.354 e. The Morgan fingerprint density at radius 3 is 2.36 bits per heavy atom. The molecule has 0 amide bonds.